The van der Waals surface area contributed by atoms with Crippen molar-refractivity contribution >= 4 is 52.2 Å². The van der Waals surface area contributed by atoms with Crippen LogP contribution in [0.2, 0.25) is 10.0 Å². The number of benzene rings is 2. The monoisotopic (exact) mass is 503 g/mol. The summed E-state index contributed by atoms with van der Waals surface area (Å²) in [7, 11) is 0. The normalized spacial score (nSPS) is 25.9. The molecule has 0 aromatic heterocycles. The molecule has 0 heterocycles. The fourth-order valence-corrected chi connectivity index (χ4v) is 5.58. The van der Waals surface area contributed by atoms with Gasteiger partial charge in [0.2, 0.25) is 5.91 Å². The van der Waals surface area contributed by atoms with Gasteiger partial charge in [-0.15, -0.1) is 0 Å². The van der Waals surface area contributed by atoms with Crippen LogP contribution in [0.4, 0.5) is 11.4 Å². The SMILES string of the molecule is CC12CCC(C(=O)Nc3cccc(Cl)c3Cl)(CC1=NOC(=O)c1ccc([N+](=O)[O-])cc1)C2(C)C. The minimum Gasteiger partial charge on any atom is -0.324 e. The highest BCUT2D eigenvalue weighted by Gasteiger charge is 2.71. The average Bonchev–Trinajstić information content (AvgIpc) is 3.11. The van der Waals surface area contributed by atoms with Crippen LogP contribution >= 0.6 is 23.2 Å². The summed E-state index contributed by atoms with van der Waals surface area (Å²) in [5.41, 5.74) is -0.624. The van der Waals surface area contributed by atoms with Crippen molar-refractivity contribution in [2.45, 2.75) is 40.0 Å². The van der Waals surface area contributed by atoms with Gasteiger partial charge in [-0.2, -0.15) is 0 Å². The van der Waals surface area contributed by atoms with Gasteiger partial charge >= 0.3 is 5.97 Å². The first-order valence-electron chi connectivity index (χ1n) is 10.7. The van der Waals surface area contributed by atoms with Crippen LogP contribution in [0.3, 0.4) is 0 Å². The standard InChI is InChI=1S/C24H23Cl2N3O5/c1-22(2)23(3)11-12-24(22,21(31)27-17-6-4-5-16(25)19(17)26)13-18(23)28-34-20(30)14-7-9-15(10-8-14)29(32)33/h4-10H,11-13H2,1-3H3,(H,27,31). The van der Waals surface area contributed by atoms with Crippen LogP contribution in [0.1, 0.15) is 50.4 Å². The Labute approximate surface area is 206 Å². The molecule has 10 heteroatoms. The number of hydrogen-bond donors (Lipinski definition) is 1. The molecule has 178 valence electrons. The molecular formula is C24H23Cl2N3O5. The Morgan fingerprint density at radius 2 is 1.76 bits per heavy atom. The van der Waals surface area contributed by atoms with E-state index in [2.05, 4.69) is 10.5 Å². The highest BCUT2D eigenvalue weighted by molar-refractivity contribution is 6.44. The van der Waals surface area contributed by atoms with Gasteiger partial charge in [-0.1, -0.05) is 55.2 Å². The maximum absolute atomic E-state index is 13.6. The summed E-state index contributed by atoms with van der Waals surface area (Å²) in [5, 5.41) is 18.5. The van der Waals surface area contributed by atoms with Crippen LogP contribution in [-0.4, -0.2) is 22.5 Å². The summed E-state index contributed by atoms with van der Waals surface area (Å²) < 4.78 is 0. The van der Waals surface area contributed by atoms with Gasteiger partial charge in [0.25, 0.3) is 5.69 Å². The third-order valence-corrected chi connectivity index (χ3v) is 8.74. The highest BCUT2D eigenvalue weighted by atomic mass is 35.5. The molecule has 2 aliphatic carbocycles. The van der Waals surface area contributed by atoms with Crippen molar-refractivity contribution < 1.29 is 19.3 Å². The molecule has 2 aromatic carbocycles. The first-order chi connectivity index (χ1) is 15.9. The largest absolute Gasteiger partial charge is 0.365 e. The summed E-state index contributed by atoms with van der Waals surface area (Å²) in [6.07, 6.45) is 1.68. The number of anilines is 1. The van der Waals surface area contributed by atoms with Gasteiger partial charge in [-0.3, -0.25) is 14.9 Å². The molecule has 2 bridgehead atoms. The van der Waals surface area contributed by atoms with E-state index in [1.807, 2.05) is 20.8 Å². The highest BCUT2D eigenvalue weighted by Crippen LogP contribution is 2.71. The number of carbonyl (C=O) groups excluding carboxylic acids is 2. The van der Waals surface area contributed by atoms with Gasteiger partial charge in [0.05, 0.1) is 37.3 Å². The summed E-state index contributed by atoms with van der Waals surface area (Å²) in [4.78, 5) is 41.5. The zero-order chi connectivity index (χ0) is 24.9. The van der Waals surface area contributed by atoms with Crippen molar-refractivity contribution in [1.82, 2.24) is 0 Å². The molecule has 34 heavy (non-hydrogen) atoms. The lowest BCUT2D eigenvalue weighted by Crippen LogP contribution is -2.43. The van der Waals surface area contributed by atoms with Crippen LogP contribution in [0.25, 0.3) is 0 Å². The minimum atomic E-state index is -0.772. The van der Waals surface area contributed by atoms with Gasteiger partial charge in [-0.05, 0) is 42.5 Å². The van der Waals surface area contributed by atoms with Gasteiger partial charge in [0, 0.05) is 24.0 Å². The first-order valence-corrected chi connectivity index (χ1v) is 11.5. The van der Waals surface area contributed by atoms with Crippen LogP contribution < -0.4 is 5.32 Å². The number of nitro groups is 1. The Hall–Kier alpha value is -2.97. The molecule has 0 saturated heterocycles. The van der Waals surface area contributed by atoms with E-state index in [0.29, 0.717) is 35.7 Å². The number of rotatable bonds is 5. The van der Waals surface area contributed by atoms with E-state index >= 15 is 0 Å². The van der Waals surface area contributed by atoms with E-state index in [-0.39, 0.29) is 22.2 Å². The predicted octanol–water partition coefficient (Wildman–Crippen LogP) is 6.27. The van der Waals surface area contributed by atoms with Crippen LogP contribution in [0, 0.1) is 26.4 Å². The second-order valence-electron chi connectivity index (χ2n) is 9.49. The lowest BCUT2D eigenvalue weighted by Gasteiger charge is -2.39. The Balaban J connectivity index is 1.57. The molecule has 0 spiro atoms. The number of carbonyl (C=O) groups is 2. The average molecular weight is 504 g/mol. The number of non-ortho nitro benzene ring substituents is 1. The molecule has 2 aromatic rings. The quantitative estimate of drug-likeness (QED) is 0.293. The Morgan fingerprint density at radius 1 is 1.09 bits per heavy atom. The maximum atomic E-state index is 13.6. The van der Waals surface area contributed by atoms with Gasteiger partial charge in [0.15, 0.2) is 0 Å². The molecule has 1 amide bonds. The van der Waals surface area contributed by atoms with Crippen LogP contribution in [-0.2, 0) is 9.63 Å². The molecule has 2 fully saturated rings. The van der Waals surface area contributed by atoms with Crippen molar-refractivity contribution in [2.24, 2.45) is 21.4 Å². The zero-order valence-electron chi connectivity index (χ0n) is 18.9. The molecule has 1 N–H and O–H groups in total. The van der Waals surface area contributed by atoms with E-state index in [1.54, 1.807) is 18.2 Å². The maximum Gasteiger partial charge on any atom is 0.365 e. The number of fused-ring (bicyclic) bond motifs is 2. The number of oxime groups is 1. The predicted molar refractivity (Wildman–Crippen MR) is 129 cm³/mol. The van der Waals surface area contributed by atoms with E-state index in [0.717, 1.165) is 0 Å². The smallest absolute Gasteiger partial charge is 0.324 e. The second-order valence-corrected chi connectivity index (χ2v) is 10.3. The summed E-state index contributed by atoms with van der Waals surface area (Å²) in [5.74, 6) is -0.909. The molecule has 2 unspecified atom stereocenters. The third-order valence-electron chi connectivity index (χ3n) is 7.92. The summed E-state index contributed by atoms with van der Waals surface area (Å²) in [6, 6.07) is 10.1. The number of halogens is 2. The lowest BCUT2D eigenvalue weighted by atomic mass is 9.64. The first kappa shape index (κ1) is 24.2. The number of nitrogens with one attached hydrogen (secondary N) is 1. The van der Waals surface area contributed by atoms with Crippen molar-refractivity contribution in [3.05, 3.63) is 68.2 Å². The molecule has 2 saturated carbocycles. The summed E-state index contributed by atoms with van der Waals surface area (Å²) in [6.45, 7) is 6.08. The van der Waals surface area contributed by atoms with Gasteiger partial charge in [-0.25, -0.2) is 4.79 Å². The Morgan fingerprint density at radius 3 is 2.41 bits per heavy atom. The fourth-order valence-electron chi connectivity index (χ4n) is 5.23. The third kappa shape index (κ3) is 3.56. The molecule has 4 rings (SSSR count). The molecule has 2 atom stereocenters. The van der Waals surface area contributed by atoms with E-state index in [9.17, 15) is 19.7 Å². The zero-order valence-corrected chi connectivity index (χ0v) is 20.4. The van der Waals surface area contributed by atoms with E-state index < -0.39 is 27.1 Å². The molecule has 0 aliphatic heterocycles. The van der Waals surface area contributed by atoms with Crippen molar-refractivity contribution in [1.29, 1.82) is 0 Å². The minimum absolute atomic E-state index is 0.127. The topological polar surface area (TPSA) is 111 Å². The molecular weight excluding hydrogens is 481 g/mol. The van der Waals surface area contributed by atoms with E-state index in [1.165, 1.54) is 24.3 Å². The van der Waals surface area contributed by atoms with Crippen LogP contribution in [0.5, 0.6) is 0 Å². The van der Waals surface area contributed by atoms with Gasteiger partial charge < -0.3 is 10.2 Å². The lowest BCUT2D eigenvalue weighted by molar-refractivity contribution is -0.384. The Kier molecular flexibility index (Phi) is 5.94. The number of amides is 1. The molecule has 0 radical (unpaired) electrons. The number of hydrogen-bond acceptors (Lipinski definition) is 6. The van der Waals surface area contributed by atoms with Crippen molar-refractivity contribution in [3.63, 3.8) is 0 Å². The molecule has 2 aliphatic rings. The second kappa shape index (κ2) is 8.36. The number of nitrogens with zero attached hydrogens (tertiary/aromatic N) is 2. The molecule has 8 nitrogen and oxygen atoms in total. The summed E-state index contributed by atoms with van der Waals surface area (Å²) >= 11 is 12.4. The van der Waals surface area contributed by atoms with E-state index in [4.69, 9.17) is 28.0 Å². The van der Waals surface area contributed by atoms with Crippen molar-refractivity contribution in [3.8, 4) is 0 Å². The Bertz CT molecular complexity index is 1230. The van der Waals surface area contributed by atoms with Crippen LogP contribution in [0.15, 0.2) is 47.6 Å². The van der Waals surface area contributed by atoms with Crippen molar-refractivity contribution in [2.75, 3.05) is 5.32 Å². The fraction of sp³-hybridized carbons (Fsp3) is 0.375. The number of nitro benzene ring substituents is 1. The van der Waals surface area contributed by atoms with Gasteiger partial charge in [0.1, 0.15) is 0 Å².